The lowest BCUT2D eigenvalue weighted by Crippen LogP contribution is -1.97. The Bertz CT molecular complexity index is 964. The number of aromatic nitrogens is 2. The van der Waals surface area contributed by atoms with Crippen LogP contribution >= 0.6 is 0 Å². The molecule has 8 nitrogen and oxygen atoms in total. The maximum absolute atomic E-state index is 14.1. The molecule has 0 saturated carbocycles. The van der Waals surface area contributed by atoms with Gasteiger partial charge in [0.05, 0.1) is 30.7 Å². The van der Waals surface area contributed by atoms with Crippen molar-refractivity contribution in [2.45, 2.75) is 0 Å². The highest BCUT2D eigenvalue weighted by molar-refractivity contribution is 5.83. The minimum Gasteiger partial charge on any atom is -0.491 e. The summed E-state index contributed by atoms with van der Waals surface area (Å²) in [6.45, 7) is 0. The SMILES string of the molecule is COc1cc2nccc(Oc3ccc([N+](=O)[O-])cc3F)c2nc1OC. The molecule has 2 heterocycles. The quantitative estimate of drug-likeness (QED) is 0.516. The summed E-state index contributed by atoms with van der Waals surface area (Å²) in [6, 6.07) is 6.23. The van der Waals surface area contributed by atoms with Gasteiger partial charge in [0, 0.05) is 24.4 Å². The molecule has 0 aliphatic carbocycles. The fourth-order valence-electron chi connectivity index (χ4n) is 2.19. The summed E-state index contributed by atoms with van der Waals surface area (Å²) in [4.78, 5) is 18.4. The van der Waals surface area contributed by atoms with Gasteiger partial charge in [-0.05, 0) is 6.07 Å². The lowest BCUT2D eigenvalue weighted by Gasteiger charge is -2.11. The van der Waals surface area contributed by atoms with Crippen LogP contribution in [-0.2, 0) is 0 Å². The minimum atomic E-state index is -0.861. The first-order valence-corrected chi connectivity index (χ1v) is 7.03. The van der Waals surface area contributed by atoms with Crippen molar-refractivity contribution in [2.75, 3.05) is 14.2 Å². The van der Waals surface area contributed by atoms with E-state index in [0.29, 0.717) is 16.8 Å². The summed E-state index contributed by atoms with van der Waals surface area (Å²) in [5.41, 5.74) is 0.421. The molecule has 0 saturated heterocycles. The Morgan fingerprint density at radius 1 is 1.08 bits per heavy atom. The Morgan fingerprint density at radius 3 is 2.52 bits per heavy atom. The van der Waals surface area contributed by atoms with Crippen molar-refractivity contribution in [1.29, 1.82) is 0 Å². The molecule has 0 unspecified atom stereocenters. The van der Waals surface area contributed by atoms with E-state index >= 15 is 0 Å². The molecule has 9 heteroatoms. The van der Waals surface area contributed by atoms with E-state index in [0.717, 1.165) is 12.1 Å². The summed E-state index contributed by atoms with van der Waals surface area (Å²) in [7, 11) is 2.90. The molecule has 0 atom stereocenters. The fourth-order valence-corrected chi connectivity index (χ4v) is 2.19. The Labute approximate surface area is 140 Å². The topological polar surface area (TPSA) is 96.6 Å². The zero-order chi connectivity index (χ0) is 18.0. The molecule has 0 aliphatic heterocycles. The van der Waals surface area contributed by atoms with Crippen molar-refractivity contribution in [3.8, 4) is 23.1 Å². The van der Waals surface area contributed by atoms with Gasteiger partial charge in [-0.15, -0.1) is 0 Å². The third kappa shape index (κ3) is 3.11. The second-order valence-electron chi connectivity index (χ2n) is 4.85. The lowest BCUT2D eigenvalue weighted by molar-refractivity contribution is -0.385. The van der Waals surface area contributed by atoms with Gasteiger partial charge >= 0.3 is 0 Å². The zero-order valence-electron chi connectivity index (χ0n) is 13.2. The third-order valence-electron chi connectivity index (χ3n) is 3.37. The van der Waals surface area contributed by atoms with Crippen molar-refractivity contribution >= 4 is 16.7 Å². The first-order valence-electron chi connectivity index (χ1n) is 7.03. The van der Waals surface area contributed by atoms with Gasteiger partial charge in [0.15, 0.2) is 23.1 Å². The number of pyridine rings is 2. The van der Waals surface area contributed by atoms with Crippen LogP contribution in [-0.4, -0.2) is 29.1 Å². The monoisotopic (exact) mass is 345 g/mol. The number of methoxy groups -OCH3 is 2. The van der Waals surface area contributed by atoms with Gasteiger partial charge in [0.1, 0.15) is 5.52 Å². The zero-order valence-corrected chi connectivity index (χ0v) is 13.2. The Balaban J connectivity index is 2.06. The van der Waals surface area contributed by atoms with E-state index < -0.39 is 10.7 Å². The number of rotatable bonds is 5. The van der Waals surface area contributed by atoms with E-state index in [1.54, 1.807) is 6.07 Å². The highest BCUT2D eigenvalue weighted by atomic mass is 19.1. The average Bonchev–Trinajstić information content (AvgIpc) is 2.62. The maximum Gasteiger partial charge on any atom is 0.272 e. The predicted octanol–water partition coefficient (Wildman–Crippen LogP) is 3.49. The molecular formula is C16H12FN3O5. The second kappa shape index (κ2) is 6.56. The van der Waals surface area contributed by atoms with Gasteiger partial charge in [0.25, 0.3) is 11.6 Å². The number of hydrogen-bond acceptors (Lipinski definition) is 7. The van der Waals surface area contributed by atoms with E-state index in [1.165, 1.54) is 32.5 Å². The van der Waals surface area contributed by atoms with Gasteiger partial charge < -0.3 is 14.2 Å². The van der Waals surface area contributed by atoms with Gasteiger partial charge in [0.2, 0.25) is 0 Å². The summed E-state index contributed by atoms with van der Waals surface area (Å²) in [6.07, 6.45) is 1.47. The summed E-state index contributed by atoms with van der Waals surface area (Å²) in [5.74, 6) is -0.203. The van der Waals surface area contributed by atoms with Gasteiger partial charge in [-0.1, -0.05) is 0 Å². The van der Waals surface area contributed by atoms with Crippen LogP contribution in [0.2, 0.25) is 0 Å². The van der Waals surface area contributed by atoms with Crippen LogP contribution in [0.5, 0.6) is 23.1 Å². The van der Waals surface area contributed by atoms with E-state index in [4.69, 9.17) is 14.2 Å². The summed E-state index contributed by atoms with van der Waals surface area (Å²) >= 11 is 0. The predicted molar refractivity (Wildman–Crippen MR) is 85.8 cm³/mol. The molecule has 0 radical (unpaired) electrons. The Hall–Kier alpha value is -3.49. The second-order valence-corrected chi connectivity index (χ2v) is 4.85. The molecule has 25 heavy (non-hydrogen) atoms. The molecule has 1 aromatic carbocycles. The van der Waals surface area contributed by atoms with Crippen LogP contribution in [0, 0.1) is 15.9 Å². The number of non-ortho nitro benzene ring substituents is 1. The molecule has 2 aromatic heterocycles. The number of fused-ring (bicyclic) bond motifs is 1. The number of ether oxygens (including phenoxy) is 3. The van der Waals surface area contributed by atoms with Crippen molar-refractivity contribution in [3.05, 3.63) is 52.5 Å². The van der Waals surface area contributed by atoms with Crippen LogP contribution < -0.4 is 14.2 Å². The van der Waals surface area contributed by atoms with Crippen molar-refractivity contribution in [3.63, 3.8) is 0 Å². The number of nitro groups is 1. The molecule has 0 aliphatic rings. The summed E-state index contributed by atoms with van der Waals surface area (Å²) in [5, 5.41) is 10.7. The van der Waals surface area contributed by atoms with Crippen LogP contribution in [0.3, 0.4) is 0 Å². The molecule has 128 valence electrons. The molecule has 0 fully saturated rings. The lowest BCUT2D eigenvalue weighted by atomic mass is 10.2. The van der Waals surface area contributed by atoms with Crippen molar-refractivity contribution in [1.82, 2.24) is 9.97 Å². The number of benzene rings is 1. The largest absolute Gasteiger partial charge is 0.491 e. The normalized spacial score (nSPS) is 10.5. The molecule has 0 bridgehead atoms. The Morgan fingerprint density at radius 2 is 1.88 bits per heavy atom. The smallest absolute Gasteiger partial charge is 0.272 e. The molecule has 3 rings (SSSR count). The van der Waals surface area contributed by atoms with Crippen LogP contribution in [0.1, 0.15) is 0 Å². The first-order chi connectivity index (χ1) is 12.0. The number of nitrogens with zero attached hydrogens (tertiary/aromatic N) is 3. The van der Waals surface area contributed by atoms with E-state index in [9.17, 15) is 14.5 Å². The maximum atomic E-state index is 14.1. The van der Waals surface area contributed by atoms with E-state index in [1.807, 2.05) is 0 Å². The fraction of sp³-hybridized carbons (Fsp3) is 0.125. The van der Waals surface area contributed by atoms with Gasteiger partial charge in [-0.3, -0.25) is 15.1 Å². The number of halogens is 1. The van der Waals surface area contributed by atoms with Crippen LogP contribution in [0.25, 0.3) is 11.0 Å². The standard InChI is InChI=1S/C16H12FN3O5/c1-23-14-8-11-15(19-16(14)24-2)13(5-6-18-11)25-12-4-3-9(20(21)22)7-10(12)17/h3-8H,1-2H3. The number of nitro benzene ring substituents is 1. The highest BCUT2D eigenvalue weighted by Crippen LogP contribution is 2.35. The van der Waals surface area contributed by atoms with E-state index in [2.05, 4.69) is 9.97 Å². The molecule has 0 spiro atoms. The van der Waals surface area contributed by atoms with E-state index in [-0.39, 0.29) is 23.1 Å². The highest BCUT2D eigenvalue weighted by Gasteiger charge is 2.16. The van der Waals surface area contributed by atoms with Crippen LogP contribution in [0.4, 0.5) is 10.1 Å². The molecule has 0 N–H and O–H groups in total. The molecule has 0 amide bonds. The van der Waals surface area contributed by atoms with Gasteiger partial charge in [-0.25, -0.2) is 9.37 Å². The minimum absolute atomic E-state index is 0.172. The average molecular weight is 345 g/mol. The third-order valence-corrected chi connectivity index (χ3v) is 3.37. The Kier molecular flexibility index (Phi) is 4.29. The first kappa shape index (κ1) is 16.4. The van der Waals surface area contributed by atoms with Crippen molar-refractivity contribution < 1.29 is 23.5 Å². The molecular weight excluding hydrogens is 333 g/mol. The molecule has 3 aromatic rings. The van der Waals surface area contributed by atoms with Crippen LogP contribution in [0.15, 0.2) is 36.5 Å². The van der Waals surface area contributed by atoms with Crippen molar-refractivity contribution in [2.24, 2.45) is 0 Å². The summed E-state index contributed by atoms with van der Waals surface area (Å²) < 4.78 is 29.9. The number of hydrogen-bond donors (Lipinski definition) is 0. The van der Waals surface area contributed by atoms with Gasteiger partial charge in [-0.2, -0.15) is 0 Å².